The maximum absolute atomic E-state index is 13.0. The Kier molecular flexibility index (Phi) is 4.64. The Balaban J connectivity index is 1.77. The van der Waals surface area contributed by atoms with E-state index in [0.29, 0.717) is 16.9 Å². The minimum Gasteiger partial charge on any atom is -0.508 e. The third-order valence-corrected chi connectivity index (χ3v) is 4.47. The van der Waals surface area contributed by atoms with Crippen LogP contribution in [-0.2, 0) is 0 Å². The zero-order valence-electron chi connectivity index (χ0n) is 15.2. The molecule has 0 saturated heterocycles. The number of aromatic hydroxyl groups is 1. The van der Waals surface area contributed by atoms with Gasteiger partial charge in [-0.2, -0.15) is 0 Å². The predicted octanol–water partition coefficient (Wildman–Crippen LogP) is 4.87. The molecule has 28 heavy (non-hydrogen) atoms. The van der Waals surface area contributed by atoms with Crippen LogP contribution in [0.15, 0.2) is 78.9 Å². The van der Waals surface area contributed by atoms with Crippen molar-refractivity contribution in [2.24, 2.45) is 0 Å². The van der Waals surface area contributed by atoms with Gasteiger partial charge in [0, 0.05) is 16.6 Å². The summed E-state index contributed by atoms with van der Waals surface area (Å²) in [4.78, 5) is 17.7. The third-order valence-electron chi connectivity index (χ3n) is 4.47. The molecule has 4 rings (SSSR count). The summed E-state index contributed by atoms with van der Waals surface area (Å²) in [5.74, 6) is 0.669. The lowest BCUT2D eigenvalue weighted by molar-refractivity contribution is 0.102. The Bertz CT molecular complexity index is 1140. The molecule has 0 atom stereocenters. The molecular weight excluding hydrogens is 352 g/mol. The summed E-state index contributed by atoms with van der Waals surface area (Å²) in [5.41, 5.74) is 3.48. The summed E-state index contributed by atoms with van der Waals surface area (Å²) in [6, 6.07) is 23.3. The fourth-order valence-electron chi connectivity index (χ4n) is 3.02. The van der Waals surface area contributed by atoms with Crippen molar-refractivity contribution in [3.8, 4) is 22.8 Å². The highest BCUT2D eigenvalue weighted by Gasteiger charge is 2.14. The van der Waals surface area contributed by atoms with Crippen LogP contribution in [0.1, 0.15) is 10.4 Å². The first-order chi connectivity index (χ1) is 13.6. The number of nitrogens with zero attached hydrogens (tertiary/aromatic N) is 1. The quantitative estimate of drug-likeness (QED) is 0.503. The lowest BCUT2D eigenvalue weighted by atomic mass is 10.0. The first-order valence-corrected chi connectivity index (χ1v) is 8.78. The van der Waals surface area contributed by atoms with Gasteiger partial charge < -0.3 is 15.2 Å². The van der Waals surface area contributed by atoms with Crippen molar-refractivity contribution in [1.82, 2.24) is 4.98 Å². The van der Waals surface area contributed by atoms with Gasteiger partial charge in [-0.1, -0.05) is 18.2 Å². The number of aromatic nitrogens is 1. The monoisotopic (exact) mass is 370 g/mol. The van der Waals surface area contributed by atoms with Crippen molar-refractivity contribution in [1.29, 1.82) is 0 Å². The second kappa shape index (κ2) is 7.40. The molecule has 138 valence electrons. The predicted molar refractivity (Wildman–Crippen MR) is 110 cm³/mol. The molecule has 0 spiro atoms. The largest absolute Gasteiger partial charge is 0.508 e. The second-order valence-corrected chi connectivity index (χ2v) is 6.30. The Labute approximate surface area is 162 Å². The van der Waals surface area contributed by atoms with Crippen LogP contribution >= 0.6 is 0 Å². The van der Waals surface area contributed by atoms with Crippen molar-refractivity contribution in [2.75, 3.05) is 12.4 Å². The van der Waals surface area contributed by atoms with Crippen molar-refractivity contribution in [3.63, 3.8) is 0 Å². The Morgan fingerprint density at radius 2 is 1.68 bits per heavy atom. The minimum absolute atomic E-state index is 0.147. The number of benzene rings is 3. The number of phenols is 1. The number of rotatable bonds is 4. The van der Waals surface area contributed by atoms with Gasteiger partial charge in [0.1, 0.15) is 11.5 Å². The van der Waals surface area contributed by atoms with Gasteiger partial charge in [0.15, 0.2) is 0 Å². The maximum Gasteiger partial charge on any atom is 0.256 e. The van der Waals surface area contributed by atoms with Gasteiger partial charge in [0.25, 0.3) is 5.91 Å². The number of hydrogen-bond donors (Lipinski definition) is 2. The number of pyridine rings is 1. The number of carbonyl (C=O) groups is 1. The molecule has 0 fully saturated rings. The van der Waals surface area contributed by atoms with E-state index in [2.05, 4.69) is 5.32 Å². The minimum atomic E-state index is -0.237. The lowest BCUT2D eigenvalue weighted by Crippen LogP contribution is -2.13. The normalized spacial score (nSPS) is 10.6. The summed E-state index contributed by atoms with van der Waals surface area (Å²) in [5, 5.41) is 13.1. The molecule has 0 unspecified atom stereocenters. The van der Waals surface area contributed by atoms with E-state index in [0.717, 1.165) is 22.2 Å². The van der Waals surface area contributed by atoms with Gasteiger partial charge in [-0.25, -0.2) is 4.98 Å². The maximum atomic E-state index is 13.0. The van der Waals surface area contributed by atoms with Gasteiger partial charge in [0.2, 0.25) is 0 Å². The zero-order chi connectivity index (χ0) is 19.5. The van der Waals surface area contributed by atoms with Gasteiger partial charge >= 0.3 is 0 Å². The Hall–Kier alpha value is -3.86. The molecule has 3 aromatic carbocycles. The molecule has 0 saturated carbocycles. The smallest absolute Gasteiger partial charge is 0.256 e. The molecule has 5 heteroatoms. The summed E-state index contributed by atoms with van der Waals surface area (Å²) in [6.07, 6.45) is 0. The molecule has 1 aromatic heterocycles. The first kappa shape index (κ1) is 17.5. The number of hydrogen-bond acceptors (Lipinski definition) is 4. The molecule has 0 radical (unpaired) electrons. The van der Waals surface area contributed by atoms with E-state index < -0.39 is 0 Å². The second-order valence-electron chi connectivity index (χ2n) is 6.30. The van der Waals surface area contributed by atoms with Gasteiger partial charge in [-0.05, 0) is 60.7 Å². The number of nitrogens with one attached hydrogen (secondary N) is 1. The van der Waals surface area contributed by atoms with E-state index in [1.54, 1.807) is 25.3 Å². The fourth-order valence-corrected chi connectivity index (χ4v) is 3.02. The highest BCUT2D eigenvalue weighted by molar-refractivity contribution is 6.13. The highest BCUT2D eigenvalue weighted by atomic mass is 16.5. The van der Waals surface area contributed by atoms with Crippen LogP contribution in [0.2, 0.25) is 0 Å². The van der Waals surface area contributed by atoms with Crippen molar-refractivity contribution in [2.45, 2.75) is 0 Å². The summed E-state index contributed by atoms with van der Waals surface area (Å²) >= 11 is 0. The summed E-state index contributed by atoms with van der Waals surface area (Å²) in [6.45, 7) is 0. The highest BCUT2D eigenvalue weighted by Crippen LogP contribution is 2.27. The molecular formula is C23H18N2O3. The number of phenolic OH excluding ortho intramolecular Hbond substituents is 1. The SMILES string of the molecule is COc1ccc(-c2cc(C(=O)Nc3ccc(O)cc3)c3ccccc3n2)cc1. The number of methoxy groups -OCH3 is 1. The standard InChI is InChI=1S/C23H18N2O3/c1-28-18-12-6-15(7-13-18)22-14-20(19-4-2-3-5-21(19)25-22)23(27)24-16-8-10-17(26)11-9-16/h2-14,26H,1H3,(H,24,27). The molecule has 0 aliphatic carbocycles. The number of amides is 1. The van der Waals surface area contributed by atoms with Gasteiger partial charge in [0.05, 0.1) is 23.9 Å². The fraction of sp³-hybridized carbons (Fsp3) is 0.0435. The Morgan fingerprint density at radius 1 is 0.964 bits per heavy atom. The third kappa shape index (κ3) is 3.50. The number of para-hydroxylation sites is 1. The van der Waals surface area contributed by atoms with Crippen LogP contribution in [0, 0.1) is 0 Å². The van der Waals surface area contributed by atoms with E-state index in [4.69, 9.17) is 9.72 Å². The number of anilines is 1. The molecule has 4 aromatic rings. The van der Waals surface area contributed by atoms with Crippen LogP contribution in [0.4, 0.5) is 5.69 Å². The van der Waals surface area contributed by atoms with E-state index in [1.807, 2.05) is 48.5 Å². The summed E-state index contributed by atoms with van der Waals surface area (Å²) < 4.78 is 5.21. The molecule has 0 bridgehead atoms. The van der Waals surface area contributed by atoms with Crippen LogP contribution < -0.4 is 10.1 Å². The molecule has 2 N–H and O–H groups in total. The average molecular weight is 370 g/mol. The number of ether oxygens (including phenoxy) is 1. The van der Waals surface area contributed by atoms with Gasteiger partial charge in [-0.3, -0.25) is 4.79 Å². The van der Waals surface area contributed by atoms with Crippen LogP contribution in [0.25, 0.3) is 22.2 Å². The van der Waals surface area contributed by atoms with E-state index in [1.165, 1.54) is 12.1 Å². The van der Waals surface area contributed by atoms with E-state index in [9.17, 15) is 9.90 Å². The summed E-state index contributed by atoms with van der Waals surface area (Å²) in [7, 11) is 1.62. The van der Waals surface area contributed by atoms with E-state index in [-0.39, 0.29) is 11.7 Å². The van der Waals surface area contributed by atoms with Crippen LogP contribution in [-0.4, -0.2) is 23.1 Å². The molecule has 5 nitrogen and oxygen atoms in total. The van der Waals surface area contributed by atoms with Crippen LogP contribution in [0.3, 0.4) is 0 Å². The lowest BCUT2D eigenvalue weighted by Gasteiger charge is -2.11. The number of fused-ring (bicyclic) bond motifs is 1. The number of carbonyl (C=O) groups excluding carboxylic acids is 1. The van der Waals surface area contributed by atoms with Gasteiger partial charge in [-0.15, -0.1) is 0 Å². The van der Waals surface area contributed by atoms with Crippen LogP contribution in [0.5, 0.6) is 11.5 Å². The molecule has 0 aliphatic rings. The molecule has 0 aliphatic heterocycles. The average Bonchev–Trinajstić information content (AvgIpc) is 2.74. The Morgan fingerprint density at radius 3 is 2.39 bits per heavy atom. The topological polar surface area (TPSA) is 71.5 Å². The first-order valence-electron chi connectivity index (χ1n) is 8.78. The van der Waals surface area contributed by atoms with Crippen molar-refractivity contribution in [3.05, 3.63) is 84.4 Å². The zero-order valence-corrected chi connectivity index (χ0v) is 15.2. The molecule has 1 heterocycles. The molecule has 1 amide bonds. The van der Waals surface area contributed by atoms with E-state index >= 15 is 0 Å². The van der Waals surface area contributed by atoms with Crippen molar-refractivity contribution >= 4 is 22.5 Å². The van der Waals surface area contributed by atoms with Crippen molar-refractivity contribution < 1.29 is 14.6 Å².